The van der Waals surface area contributed by atoms with E-state index in [9.17, 15) is 0 Å². The van der Waals surface area contributed by atoms with E-state index in [2.05, 4.69) is 43.3 Å². The van der Waals surface area contributed by atoms with E-state index in [1.54, 1.807) is 0 Å². The molecule has 1 atom stereocenters. The molecule has 0 fully saturated rings. The monoisotopic (exact) mass is 209 g/mol. The molecule has 2 rings (SSSR count). The van der Waals surface area contributed by atoms with E-state index in [0.29, 0.717) is 5.92 Å². The first-order valence-electron chi connectivity index (χ1n) is 5.64. The number of hydrogen-bond donors (Lipinski definition) is 0. The highest BCUT2D eigenvalue weighted by Crippen LogP contribution is 2.35. The average Bonchev–Trinajstić information content (AvgIpc) is 2.59. The molecule has 1 aliphatic heterocycles. The topological polar surface area (TPSA) is 3.24 Å². The number of benzene rings is 1. The quantitative estimate of drug-likeness (QED) is 0.676. The first-order valence-corrected chi connectivity index (χ1v) is 5.64. The van der Waals surface area contributed by atoms with E-state index in [1.807, 2.05) is 17.8 Å². The van der Waals surface area contributed by atoms with Crippen molar-refractivity contribution in [1.29, 1.82) is 0 Å². The molecular weight excluding hydrogens is 193 g/mol. The molecule has 1 aromatic rings. The molecule has 1 aromatic carbocycles. The van der Waals surface area contributed by atoms with Gasteiger partial charge in [0.1, 0.15) is 0 Å². The van der Waals surface area contributed by atoms with E-state index < -0.39 is 0 Å². The van der Waals surface area contributed by atoms with Gasteiger partial charge in [0.05, 0.1) is 0 Å². The lowest BCUT2D eigenvalue weighted by atomic mass is 9.92. The summed E-state index contributed by atoms with van der Waals surface area (Å²) in [4.78, 5) is 1.84. The Balaban J connectivity index is 2.37. The molecule has 0 aromatic heterocycles. The molecule has 2 radical (unpaired) electrons. The molecule has 0 spiro atoms. The third-order valence-corrected chi connectivity index (χ3v) is 3.15. The molecule has 0 saturated heterocycles. The lowest BCUT2D eigenvalue weighted by Gasteiger charge is -2.15. The van der Waals surface area contributed by atoms with Crippen LogP contribution in [0.4, 0.5) is 0 Å². The molecule has 1 aliphatic rings. The summed E-state index contributed by atoms with van der Waals surface area (Å²) in [5, 5.41) is 0. The molecule has 0 N–H and O–H groups in total. The third kappa shape index (κ3) is 1.92. The van der Waals surface area contributed by atoms with Crippen molar-refractivity contribution < 1.29 is 0 Å². The summed E-state index contributed by atoms with van der Waals surface area (Å²) in [6, 6.07) is 10.5. The summed E-state index contributed by atoms with van der Waals surface area (Å²) in [6.45, 7) is 5.00. The second-order valence-electron chi connectivity index (χ2n) is 4.16. The Labute approximate surface area is 98.9 Å². The van der Waals surface area contributed by atoms with Crippen LogP contribution in [0.5, 0.6) is 0 Å². The second-order valence-corrected chi connectivity index (χ2v) is 4.16. The summed E-state index contributed by atoms with van der Waals surface area (Å²) in [5.74, 6) is 0.405. The number of allylic oxidation sites excluding steroid dienone is 3. The smallest absolute Gasteiger partial charge is 0.226 e. The van der Waals surface area contributed by atoms with Gasteiger partial charge in [0, 0.05) is 18.2 Å². The van der Waals surface area contributed by atoms with E-state index in [1.165, 1.54) is 16.8 Å². The summed E-state index contributed by atoms with van der Waals surface area (Å²) >= 11 is 0. The molecule has 1 heterocycles. The van der Waals surface area contributed by atoms with Crippen molar-refractivity contribution in [3.05, 3.63) is 59.3 Å². The lowest BCUT2D eigenvalue weighted by Crippen LogP contribution is -2.16. The average molecular weight is 209 g/mol. The summed E-state index contributed by atoms with van der Waals surface area (Å²) < 4.78 is 0. The highest BCUT2D eigenvalue weighted by Gasteiger charge is 2.25. The normalized spacial score (nSPS) is 21.1. The summed E-state index contributed by atoms with van der Waals surface area (Å²) in [7, 11) is 5.97. The van der Waals surface area contributed by atoms with E-state index >= 15 is 0 Å². The van der Waals surface area contributed by atoms with Gasteiger partial charge in [-0.05, 0) is 25.0 Å². The van der Waals surface area contributed by atoms with Crippen LogP contribution in [0.3, 0.4) is 0 Å². The fraction of sp³-hybridized carbons (Fsp3) is 0.286. The fourth-order valence-corrected chi connectivity index (χ4v) is 2.24. The van der Waals surface area contributed by atoms with Gasteiger partial charge in [0.25, 0.3) is 0 Å². The highest BCUT2D eigenvalue weighted by atomic mass is 15.1. The zero-order valence-corrected chi connectivity index (χ0v) is 9.85. The third-order valence-electron chi connectivity index (χ3n) is 3.15. The number of nitrogens with zero attached hydrogens (tertiary/aromatic N) is 1. The molecule has 80 valence electrons. The van der Waals surface area contributed by atoms with Gasteiger partial charge in [-0.1, -0.05) is 42.5 Å². The molecule has 1 nitrogen and oxygen atoms in total. The Kier molecular flexibility index (Phi) is 3.18. The lowest BCUT2D eigenvalue weighted by molar-refractivity contribution is 0.578. The van der Waals surface area contributed by atoms with E-state index in [-0.39, 0.29) is 0 Å². The maximum Gasteiger partial charge on any atom is 0.226 e. The first kappa shape index (κ1) is 11.1. The Morgan fingerprint density at radius 2 is 2.00 bits per heavy atom. The van der Waals surface area contributed by atoms with Gasteiger partial charge in [-0.15, -0.1) is 0 Å². The van der Waals surface area contributed by atoms with Crippen LogP contribution in [0.25, 0.3) is 0 Å². The van der Waals surface area contributed by atoms with Crippen molar-refractivity contribution in [2.75, 3.05) is 6.54 Å². The van der Waals surface area contributed by atoms with Crippen LogP contribution in [0, 0.1) is 0 Å². The van der Waals surface area contributed by atoms with Crippen molar-refractivity contribution in [2.24, 2.45) is 0 Å². The Morgan fingerprint density at radius 1 is 1.31 bits per heavy atom. The zero-order chi connectivity index (χ0) is 11.5. The molecule has 0 aliphatic carbocycles. The molecule has 0 amide bonds. The van der Waals surface area contributed by atoms with Crippen molar-refractivity contribution >= 4 is 7.98 Å². The Bertz CT molecular complexity index is 420. The van der Waals surface area contributed by atoms with Gasteiger partial charge in [-0.2, -0.15) is 0 Å². The minimum Gasteiger partial charge on any atom is -0.427 e. The number of rotatable bonds is 2. The minimum absolute atomic E-state index is 0.405. The molecular formula is C14H16BN. The van der Waals surface area contributed by atoms with Gasteiger partial charge < -0.3 is 4.81 Å². The SMILES string of the molecule is [B]N1CC(c2ccccc2)C(/C=C\C)=C1C. The van der Waals surface area contributed by atoms with Crippen molar-refractivity contribution in [3.8, 4) is 0 Å². The standard InChI is InChI=1S/C14H16BN/c1-3-7-13-11(2)16(15)10-14(13)12-8-5-4-6-9-12/h3-9,14H,10H2,1-2H3/b7-3-. The predicted molar refractivity (Wildman–Crippen MR) is 69.2 cm³/mol. The maximum absolute atomic E-state index is 5.97. The summed E-state index contributed by atoms with van der Waals surface area (Å²) in [5.41, 5.74) is 3.84. The first-order chi connectivity index (χ1) is 7.74. The van der Waals surface area contributed by atoms with Crippen LogP contribution in [0.15, 0.2) is 53.8 Å². The molecule has 2 heteroatoms. The van der Waals surface area contributed by atoms with Crippen LogP contribution >= 0.6 is 0 Å². The molecule has 0 bridgehead atoms. The van der Waals surface area contributed by atoms with Crippen LogP contribution in [-0.4, -0.2) is 19.3 Å². The van der Waals surface area contributed by atoms with Gasteiger partial charge in [0.2, 0.25) is 7.98 Å². The predicted octanol–water partition coefficient (Wildman–Crippen LogP) is 3.02. The van der Waals surface area contributed by atoms with Crippen LogP contribution in [0.2, 0.25) is 0 Å². The van der Waals surface area contributed by atoms with Gasteiger partial charge in [0.15, 0.2) is 0 Å². The van der Waals surface area contributed by atoms with Crippen molar-refractivity contribution in [1.82, 2.24) is 4.81 Å². The van der Waals surface area contributed by atoms with E-state index in [4.69, 9.17) is 7.98 Å². The van der Waals surface area contributed by atoms with Gasteiger partial charge in [-0.3, -0.25) is 0 Å². The maximum atomic E-state index is 5.97. The minimum atomic E-state index is 0.405. The van der Waals surface area contributed by atoms with Gasteiger partial charge in [-0.25, -0.2) is 0 Å². The van der Waals surface area contributed by atoms with Crippen LogP contribution in [-0.2, 0) is 0 Å². The second kappa shape index (κ2) is 4.61. The fourth-order valence-electron chi connectivity index (χ4n) is 2.24. The zero-order valence-electron chi connectivity index (χ0n) is 9.85. The van der Waals surface area contributed by atoms with E-state index in [0.717, 1.165) is 6.54 Å². The van der Waals surface area contributed by atoms with Crippen molar-refractivity contribution in [2.45, 2.75) is 19.8 Å². The van der Waals surface area contributed by atoms with Crippen molar-refractivity contribution in [3.63, 3.8) is 0 Å². The number of hydrogen-bond acceptors (Lipinski definition) is 1. The Morgan fingerprint density at radius 3 is 2.62 bits per heavy atom. The Hall–Kier alpha value is -1.44. The highest BCUT2D eigenvalue weighted by molar-refractivity contribution is 6.06. The summed E-state index contributed by atoms with van der Waals surface area (Å²) in [6.07, 6.45) is 4.24. The van der Waals surface area contributed by atoms with Gasteiger partial charge >= 0.3 is 0 Å². The molecule has 16 heavy (non-hydrogen) atoms. The molecule has 1 unspecified atom stereocenters. The van der Waals surface area contributed by atoms with Crippen LogP contribution < -0.4 is 0 Å². The molecule has 0 saturated carbocycles. The van der Waals surface area contributed by atoms with Crippen LogP contribution in [0.1, 0.15) is 25.3 Å². The largest absolute Gasteiger partial charge is 0.427 e.